The zero-order valence-electron chi connectivity index (χ0n) is 19.8. The van der Waals surface area contributed by atoms with Gasteiger partial charge in [-0.05, 0) is 55.6 Å². The summed E-state index contributed by atoms with van der Waals surface area (Å²) < 4.78 is 39.2. The number of sulfonamides is 1. The molecule has 0 aliphatic heterocycles. The number of ether oxygens (including phenoxy) is 2. The summed E-state index contributed by atoms with van der Waals surface area (Å²) in [6.07, 6.45) is 1.88. The molecule has 0 radical (unpaired) electrons. The topological polar surface area (TPSA) is 128 Å². The summed E-state index contributed by atoms with van der Waals surface area (Å²) in [5, 5.41) is 13.7. The number of amides is 1. The van der Waals surface area contributed by atoms with Crippen LogP contribution >= 0.6 is 11.8 Å². The second kappa shape index (κ2) is 11.8. The van der Waals surface area contributed by atoms with Crippen LogP contribution in [0.15, 0.2) is 76.5 Å². The summed E-state index contributed by atoms with van der Waals surface area (Å²) >= 11 is 1.47. The van der Waals surface area contributed by atoms with Crippen LogP contribution in [0.5, 0.6) is 11.5 Å². The number of non-ortho nitro benzene ring substituents is 1. The molecular formula is C24H25N3O7S2. The number of benzene rings is 3. The largest absolute Gasteiger partial charge is 0.495 e. The predicted octanol–water partition coefficient (Wildman–Crippen LogP) is 4.56. The Morgan fingerprint density at radius 3 is 2.39 bits per heavy atom. The first-order valence-electron chi connectivity index (χ1n) is 10.7. The molecule has 0 aliphatic carbocycles. The van der Waals surface area contributed by atoms with Crippen molar-refractivity contribution in [1.29, 1.82) is 0 Å². The monoisotopic (exact) mass is 531 g/mol. The maximum absolute atomic E-state index is 13.7. The molecule has 0 saturated heterocycles. The maximum Gasteiger partial charge on any atom is 0.271 e. The van der Waals surface area contributed by atoms with Crippen LogP contribution in [0.25, 0.3) is 0 Å². The summed E-state index contributed by atoms with van der Waals surface area (Å²) in [7, 11) is -2.85. The van der Waals surface area contributed by atoms with E-state index >= 15 is 0 Å². The second-order valence-electron chi connectivity index (χ2n) is 7.28. The van der Waals surface area contributed by atoms with Crippen molar-refractivity contribution in [2.45, 2.75) is 16.7 Å². The molecule has 0 aromatic heterocycles. The van der Waals surface area contributed by atoms with Crippen molar-refractivity contribution in [2.75, 3.05) is 36.1 Å². The Kier molecular flexibility index (Phi) is 8.78. The molecule has 3 aromatic carbocycles. The number of carbonyl (C=O) groups is 1. The van der Waals surface area contributed by atoms with E-state index in [-0.39, 0.29) is 40.1 Å². The van der Waals surface area contributed by atoms with E-state index in [1.54, 1.807) is 43.3 Å². The lowest BCUT2D eigenvalue weighted by Gasteiger charge is -2.26. The molecule has 0 aliphatic rings. The van der Waals surface area contributed by atoms with E-state index < -0.39 is 27.4 Å². The molecule has 12 heteroatoms. The Hall–Kier alpha value is -3.77. The van der Waals surface area contributed by atoms with Gasteiger partial charge in [-0.3, -0.25) is 19.2 Å². The fourth-order valence-electron chi connectivity index (χ4n) is 3.34. The fraction of sp³-hybridized carbons (Fsp3) is 0.208. The molecular weight excluding hydrogens is 506 g/mol. The van der Waals surface area contributed by atoms with Gasteiger partial charge in [-0.15, -0.1) is 11.8 Å². The van der Waals surface area contributed by atoms with Gasteiger partial charge in [-0.2, -0.15) is 0 Å². The highest BCUT2D eigenvalue weighted by molar-refractivity contribution is 7.98. The fourth-order valence-corrected chi connectivity index (χ4v) is 5.18. The van der Waals surface area contributed by atoms with E-state index in [2.05, 4.69) is 5.32 Å². The number of carbonyl (C=O) groups excluding carboxylic acids is 1. The van der Waals surface area contributed by atoms with Crippen molar-refractivity contribution < 1.29 is 27.6 Å². The zero-order chi connectivity index (χ0) is 26.3. The Balaban J connectivity index is 2.03. The molecule has 0 heterocycles. The summed E-state index contributed by atoms with van der Waals surface area (Å²) in [5.41, 5.74) is -0.0444. The first-order valence-corrected chi connectivity index (χ1v) is 13.4. The zero-order valence-corrected chi connectivity index (χ0v) is 21.5. The van der Waals surface area contributed by atoms with E-state index in [1.165, 1.54) is 43.1 Å². The highest BCUT2D eigenvalue weighted by Crippen LogP contribution is 2.34. The van der Waals surface area contributed by atoms with Gasteiger partial charge in [0.05, 0.1) is 34.9 Å². The molecule has 0 unspecified atom stereocenters. The quantitative estimate of drug-likeness (QED) is 0.217. The first kappa shape index (κ1) is 26.8. The van der Waals surface area contributed by atoms with Crippen molar-refractivity contribution in [3.8, 4) is 11.5 Å². The van der Waals surface area contributed by atoms with Crippen LogP contribution in [0.3, 0.4) is 0 Å². The molecule has 1 N–H and O–H groups in total. The van der Waals surface area contributed by atoms with Crippen molar-refractivity contribution in [3.05, 3.63) is 76.8 Å². The summed E-state index contributed by atoms with van der Waals surface area (Å²) in [4.78, 5) is 24.6. The van der Waals surface area contributed by atoms with E-state index in [1.807, 2.05) is 6.26 Å². The third kappa shape index (κ3) is 6.07. The van der Waals surface area contributed by atoms with Crippen LogP contribution in [-0.4, -0.2) is 45.8 Å². The van der Waals surface area contributed by atoms with E-state index in [0.717, 1.165) is 15.3 Å². The van der Waals surface area contributed by atoms with E-state index in [4.69, 9.17) is 9.47 Å². The average Bonchev–Trinajstić information content (AvgIpc) is 2.87. The van der Waals surface area contributed by atoms with Crippen LogP contribution in [-0.2, 0) is 14.8 Å². The lowest BCUT2D eigenvalue weighted by Crippen LogP contribution is -2.38. The number of nitro groups is 1. The highest BCUT2D eigenvalue weighted by Gasteiger charge is 2.30. The van der Waals surface area contributed by atoms with Gasteiger partial charge in [-0.1, -0.05) is 12.1 Å². The minimum Gasteiger partial charge on any atom is -0.495 e. The SMILES string of the molecule is CCOc1ccccc1N(CC(=O)Nc1cc([N+](=O)[O-])ccc1OC)S(=O)(=O)c1ccc(SC)cc1. The second-order valence-corrected chi connectivity index (χ2v) is 10.0. The number of nitrogens with one attached hydrogen (secondary N) is 1. The number of nitrogens with zero attached hydrogens (tertiary/aromatic N) is 2. The van der Waals surface area contributed by atoms with Gasteiger partial charge >= 0.3 is 0 Å². The standard InChI is InChI=1S/C24H25N3O7S2/c1-4-34-23-8-6-5-7-21(23)26(36(31,32)19-12-10-18(35-3)11-13-19)16-24(28)25-20-15-17(27(29)30)9-14-22(20)33-2/h5-15H,4,16H2,1-3H3,(H,25,28). The van der Waals surface area contributed by atoms with Gasteiger partial charge in [-0.25, -0.2) is 8.42 Å². The van der Waals surface area contributed by atoms with E-state index in [9.17, 15) is 23.3 Å². The molecule has 3 aromatic rings. The minimum atomic E-state index is -4.20. The summed E-state index contributed by atoms with van der Waals surface area (Å²) in [6, 6.07) is 16.5. The molecule has 0 bridgehead atoms. The number of nitro benzene ring substituents is 1. The predicted molar refractivity (Wildman–Crippen MR) is 139 cm³/mol. The van der Waals surface area contributed by atoms with Gasteiger partial charge in [0.2, 0.25) is 5.91 Å². The summed E-state index contributed by atoms with van der Waals surface area (Å²) in [5.74, 6) is -0.264. The Labute approximate surface area is 213 Å². The lowest BCUT2D eigenvalue weighted by atomic mass is 10.2. The molecule has 0 spiro atoms. The Bertz CT molecular complexity index is 1350. The molecule has 190 valence electrons. The van der Waals surface area contributed by atoms with Crippen LogP contribution in [0.1, 0.15) is 6.92 Å². The van der Waals surface area contributed by atoms with Gasteiger partial charge in [0.15, 0.2) is 0 Å². The number of hydrogen-bond donors (Lipinski definition) is 1. The number of anilines is 2. The van der Waals surface area contributed by atoms with Gasteiger partial charge in [0, 0.05) is 17.0 Å². The van der Waals surface area contributed by atoms with Crippen LogP contribution < -0.4 is 19.1 Å². The van der Waals surface area contributed by atoms with Gasteiger partial charge in [0.1, 0.15) is 18.0 Å². The van der Waals surface area contributed by atoms with Crippen molar-refractivity contribution in [1.82, 2.24) is 0 Å². The van der Waals surface area contributed by atoms with Crippen molar-refractivity contribution in [2.24, 2.45) is 0 Å². The number of rotatable bonds is 11. The van der Waals surface area contributed by atoms with Crippen molar-refractivity contribution >= 4 is 44.8 Å². The highest BCUT2D eigenvalue weighted by atomic mass is 32.2. The Morgan fingerprint density at radius 1 is 1.08 bits per heavy atom. The molecule has 3 rings (SSSR count). The molecule has 36 heavy (non-hydrogen) atoms. The molecule has 10 nitrogen and oxygen atoms in total. The first-order chi connectivity index (χ1) is 17.2. The van der Waals surface area contributed by atoms with Crippen LogP contribution in [0.2, 0.25) is 0 Å². The molecule has 1 amide bonds. The third-order valence-electron chi connectivity index (χ3n) is 5.04. The number of methoxy groups -OCH3 is 1. The molecule has 0 fully saturated rings. The maximum atomic E-state index is 13.7. The van der Waals surface area contributed by atoms with Gasteiger partial charge < -0.3 is 14.8 Å². The van der Waals surface area contributed by atoms with E-state index in [0.29, 0.717) is 0 Å². The molecule has 0 saturated carbocycles. The third-order valence-corrected chi connectivity index (χ3v) is 7.55. The van der Waals surface area contributed by atoms with Crippen LogP contribution in [0.4, 0.5) is 17.1 Å². The number of hydrogen-bond acceptors (Lipinski definition) is 8. The smallest absolute Gasteiger partial charge is 0.271 e. The van der Waals surface area contributed by atoms with Crippen LogP contribution in [0, 0.1) is 10.1 Å². The Morgan fingerprint density at radius 2 is 1.78 bits per heavy atom. The molecule has 0 atom stereocenters. The normalized spacial score (nSPS) is 11.0. The van der Waals surface area contributed by atoms with Crippen molar-refractivity contribution in [3.63, 3.8) is 0 Å². The number of para-hydroxylation sites is 2. The van der Waals surface area contributed by atoms with Gasteiger partial charge in [0.25, 0.3) is 15.7 Å². The number of thioether (sulfide) groups is 1. The lowest BCUT2D eigenvalue weighted by molar-refractivity contribution is -0.384. The average molecular weight is 532 g/mol. The minimum absolute atomic E-state index is 0.00710. The summed E-state index contributed by atoms with van der Waals surface area (Å²) in [6.45, 7) is 1.42.